The SMILES string of the molecule is [B]c1c(C)c(C)c(C)c(-c2c3c(c(-c4ccc5c(c4)CC4=C5C=CCC(C5C=C6C=C(C7=C(O)C(C)=CCC(C)=C7C)OCC6=CC5)=C4)c4ccccc24)CCCC3)c1C. The minimum Gasteiger partial charge on any atom is -0.507 e. The average molecular weight is 783 g/mol. The number of fused-ring (bicyclic) bond motifs is 5. The lowest BCUT2D eigenvalue weighted by atomic mass is 9.73. The second-order valence-corrected chi connectivity index (χ2v) is 18.3. The van der Waals surface area contributed by atoms with Crippen LogP contribution < -0.4 is 5.46 Å². The first-order valence-electron chi connectivity index (χ1n) is 22.2. The van der Waals surface area contributed by atoms with Crippen LogP contribution in [0.25, 0.3) is 38.6 Å². The van der Waals surface area contributed by atoms with Crippen molar-refractivity contribution in [2.75, 3.05) is 6.61 Å². The Morgan fingerprint density at radius 2 is 1.52 bits per heavy atom. The maximum Gasteiger partial charge on any atom is 0.131 e. The molecule has 0 spiro atoms. The van der Waals surface area contributed by atoms with Crippen molar-refractivity contribution in [2.24, 2.45) is 5.92 Å². The lowest BCUT2D eigenvalue weighted by Gasteiger charge is -2.29. The summed E-state index contributed by atoms with van der Waals surface area (Å²) in [5.74, 6) is 1.41. The van der Waals surface area contributed by atoms with Crippen molar-refractivity contribution in [3.63, 3.8) is 0 Å². The molecular weight excluding hydrogens is 727 g/mol. The highest BCUT2D eigenvalue weighted by molar-refractivity contribution is 6.35. The van der Waals surface area contributed by atoms with Gasteiger partial charge >= 0.3 is 0 Å². The molecule has 1 atom stereocenters. The molecule has 0 saturated heterocycles. The van der Waals surface area contributed by atoms with Crippen LogP contribution in [-0.4, -0.2) is 19.6 Å². The Bertz CT molecular complexity index is 2860. The van der Waals surface area contributed by atoms with Crippen LogP contribution in [0.1, 0.15) is 97.4 Å². The molecule has 0 amide bonds. The molecule has 4 aromatic carbocycles. The normalized spacial score (nSPS) is 20.0. The third-order valence-corrected chi connectivity index (χ3v) is 15.0. The Labute approximate surface area is 358 Å². The van der Waals surface area contributed by atoms with Gasteiger partial charge in [-0.1, -0.05) is 101 Å². The molecule has 0 bridgehead atoms. The van der Waals surface area contributed by atoms with Gasteiger partial charge in [-0.15, -0.1) is 0 Å². The quantitative estimate of drug-likeness (QED) is 0.209. The average Bonchev–Trinajstić information content (AvgIpc) is 3.41. The molecule has 1 N–H and O–H groups in total. The Morgan fingerprint density at radius 1 is 0.767 bits per heavy atom. The molecule has 1 aliphatic heterocycles. The van der Waals surface area contributed by atoms with E-state index < -0.39 is 0 Å². The van der Waals surface area contributed by atoms with E-state index >= 15 is 0 Å². The summed E-state index contributed by atoms with van der Waals surface area (Å²) in [5, 5.41) is 14.0. The number of hydrogen-bond donors (Lipinski definition) is 1. The Balaban J connectivity index is 1.01. The molecule has 298 valence electrons. The number of ether oxygens (including phenoxy) is 1. The first-order valence-corrected chi connectivity index (χ1v) is 22.2. The van der Waals surface area contributed by atoms with E-state index in [-0.39, 0.29) is 0 Å². The zero-order chi connectivity index (χ0) is 41.6. The fraction of sp³-hybridized carbons (Fsp3) is 0.298. The minimum absolute atomic E-state index is 0.309. The molecule has 0 saturated carbocycles. The third kappa shape index (κ3) is 6.14. The summed E-state index contributed by atoms with van der Waals surface area (Å²) in [6.07, 6.45) is 24.7. The van der Waals surface area contributed by atoms with Crippen molar-refractivity contribution in [1.29, 1.82) is 0 Å². The third-order valence-electron chi connectivity index (χ3n) is 15.0. The number of rotatable bonds is 4. The number of allylic oxidation sites excluding steroid dienone is 13. The maximum absolute atomic E-state index is 11.3. The van der Waals surface area contributed by atoms with Crippen LogP contribution in [-0.2, 0) is 24.0 Å². The zero-order valence-corrected chi connectivity index (χ0v) is 36.5. The molecule has 6 aliphatic rings. The molecule has 1 unspecified atom stereocenters. The van der Waals surface area contributed by atoms with Gasteiger partial charge in [-0.25, -0.2) is 0 Å². The van der Waals surface area contributed by atoms with E-state index in [9.17, 15) is 5.11 Å². The molecule has 0 fully saturated rings. The van der Waals surface area contributed by atoms with Gasteiger partial charge in [0.05, 0.1) is 5.57 Å². The van der Waals surface area contributed by atoms with Gasteiger partial charge in [0.15, 0.2) is 0 Å². The van der Waals surface area contributed by atoms with Crippen molar-refractivity contribution < 1.29 is 9.84 Å². The summed E-state index contributed by atoms with van der Waals surface area (Å²) in [7, 11) is 6.83. The van der Waals surface area contributed by atoms with E-state index in [0.717, 1.165) is 66.5 Å². The first-order chi connectivity index (χ1) is 29.0. The highest BCUT2D eigenvalue weighted by Crippen LogP contribution is 2.49. The molecule has 3 heteroatoms. The summed E-state index contributed by atoms with van der Waals surface area (Å²) in [4.78, 5) is 0. The van der Waals surface area contributed by atoms with Gasteiger partial charge in [0, 0.05) is 5.92 Å². The van der Waals surface area contributed by atoms with Gasteiger partial charge in [-0.05, 0) is 211 Å². The summed E-state index contributed by atoms with van der Waals surface area (Å²) in [6.45, 7) is 15.7. The van der Waals surface area contributed by atoms with E-state index in [1.807, 2.05) is 6.92 Å². The predicted molar refractivity (Wildman–Crippen MR) is 253 cm³/mol. The van der Waals surface area contributed by atoms with Gasteiger partial charge < -0.3 is 9.84 Å². The fourth-order valence-corrected chi connectivity index (χ4v) is 11.1. The molecule has 60 heavy (non-hydrogen) atoms. The summed E-state index contributed by atoms with van der Waals surface area (Å²) < 4.78 is 6.35. The molecule has 5 aliphatic carbocycles. The number of aliphatic hydroxyl groups is 1. The lowest BCUT2D eigenvalue weighted by Crippen LogP contribution is -2.18. The Morgan fingerprint density at radius 3 is 2.30 bits per heavy atom. The standard InChI is InChI=1S/C57H55BO2/c1-31-19-20-32(2)57(59)53(33(31)3)51-29-42-25-39(21-22-41(42)30-60-51)38-13-12-18-45-43(26-38)28-44-27-40(23-24-46(44)45)54-47-14-8-10-16-49(47)55(50-17-11-9-15-48(50)54)52-35(5)34(4)36(6)56(58)37(52)7/h8,10,12,14,16,18,20,22-27,29,39,59H,9,11,13,15,17,19,21,28,30H2,1-7H3. The number of aliphatic hydroxyl groups excluding tert-OH is 1. The van der Waals surface area contributed by atoms with Crippen molar-refractivity contribution in [1.82, 2.24) is 0 Å². The Hall–Kier alpha value is -5.54. The van der Waals surface area contributed by atoms with Gasteiger partial charge in [0.25, 0.3) is 0 Å². The second-order valence-electron chi connectivity index (χ2n) is 18.3. The fourth-order valence-electron chi connectivity index (χ4n) is 11.1. The predicted octanol–water partition coefficient (Wildman–Crippen LogP) is 13.6. The Kier molecular flexibility index (Phi) is 9.58. The summed E-state index contributed by atoms with van der Waals surface area (Å²) >= 11 is 0. The van der Waals surface area contributed by atoms with Gasteiger partial charge in [0.1, 0.15) is 26.0 Å². The summed E-state index contributed by atoms with van der Waals surface area (Å²) in [6, 6.07) is 16.5. The van der Waals surface area contributed by atoms with Crippen LogP contribution >= 0.6 is 0 Å². The topological polar surface area (TPSA) is 29.5 Å². The lowest BCUT2D eigenvalue weighted by molar-refractivity contribution is 0.239. The van der Waals surface area contributed by atoms with Crippen LogP contribution in [0.2, 0.25) is 0 Å². The highest BCUT2D eigenvalue weighted by Gasteiger charge is 2.30. The largest absolute Gasteiger partial charge is 0.507 e. The minimum atomic E-state index is 0.309. The van der Waals surface area contributed by atoms with E-state index in [1.165, 1.54) is 124 Å². The molecule has 4 aromatic rings. The molecule has 2 radical (unpaired) electrons. The van der Waals surface area contributed by atoms with Crippen molar-refractivity contribution in [3.05, 3.63) is 186 Å². The summed E-state index contributed by atoms with van der Waals surface area (Å²) in [5.41, 5.74) is 28.2. The van der Waals surface area contributed by atoms with Crippen LogP contribution in [0.3, 0.4) is 0 Å². The van der Waals surface area contributed by atoms with Crippen LogP contribution in [0.5, 0.6) is 0 Å². The molecular formula is C57H55BO2. The van der Waals surface area contributed by atoms with Crippen molar-refractivity contribution in [2.45, 2.75) is 99.8 Å². The van der Waals surface area contributed by atoms with E-state index in [1.54, 1.807) is 0 Å². The molecule has 1 heterocycles. The van der Waals surface area contributed by atoms with Gasteiger partial charge in [-0.3, -0.25) is 0 Å². The van der Waals surface area contributed by atoms with Crippen molar-refractivity contribution >= 4 is 29.7 Å². The van der Waals surface area contributed by atoms with Gasteiger partial charge in [0.2, 0.25) is 0 Å². The highest BCUT2D eigenvalue weighted by atomic mass is 16.5. The monoisotopic (exact) mass is 782 g/mol. The zero-order valence-electron chi connectivity index (χ0n) is 36.5. The first kappa shape index (κ1) is 38.7. The van der Waals surface area contributed by atoms with E-state index in [4.69, 9.17) is 12.6 Å². The van der Waals surface area contributed by atoms with Crippen LogP contribution in [0.4, 0.5) is 0 Å². The number of benzene rings is 4. The molecule has 0 aromatic heterocycles. The van der Waals surface area contributed by atoms with Crippen LogP contribution in [0.15, 0.2) is 141 Å². The van der Waals surface area contributed by atoms with E-state index in [2.05, 4.69) is 127 Å². The second kappa shape index (κ2) is 14.9. The maximum atomic E-state index is 11.3. The molecule has 2 nitrogen and oxygen atoms in total. The van der Waals surface area contributed by atoms with Crippen LogP contribution in [0, 0.1) is 33.6 Å². The van der Waals surface area contributed by atoms with Crippen molar-refractivity contribution in [3.8, 4) is 22.3 Å². The van der Waals surface area contributed by atoms with Gasteiger partial charge in [-0.2, -0.15) is 0 Å². The van der Waals surface area contributed by atoms with E-state index in [0.29, 0.717) is 18.3 Å². The number of hydrogen-bond acceptors (Lipinski definition) is 2. The smallest absolute Gasteiger partial charge is 0.131 e. The molecule has 10 rings (SSSR count).